The van der Waals surface area contributed by atoms with Gasteiger partial charge in [-0.15, -0.1) is 5.10 Å². The number of methoxy groups -OCH3 is 1. The smallest absolute Gasteiger partial charge is 0.316 e. The molecule has 2 aromatic rings. The Morgan fingerprint density at radius 2 is 2.35 bits per heavy atom. The Balaban J connectivity index is 1.85. The lowest BCUT2D eigenvalue weighted by molar-refractivity contribution is -0.137. The summed E-state index contributed by atoms with van der Waals surface area (Å²) in [4.78, 5) is 15.3. The highest BCUT2D eigenvalue weighted by atomic mass is 32.2. The molecule has 0 radical (unpaired) electrons. The van der Waals surface area contributed by atoms with Gasteiger partial charge in [-0.2, -0.15) is 0 Å². The number of nitrogens with one attached hydrogen (secondary N) is 2. The van der Waals surface area contributed by atoms with E-state index < -0.39 is 0 Å². The Morgan fingerprint density at radius 3 is 3.10 bits per heavy atom. The fourth-order valence-electron chi connectivity index (χ4n) is 1.54. The molecular formula is C13H16N4O2S. The number of thioether (sulfide) groups is 1. The summed E-state index contributed by atoms with van der Waals surface area (Å²) in [5.41, 5.74) is 2.23. The van der Waals surface area contributed by atoms with E-state index in [1.807, 2.05) is 25.1 Å². The number of hydrogen-bond donors (Lipinski definition) is 2. The van der Waals surface area contributed by atoms with Crippen molar-refractivity contribution in [1.82, 2.24) is 15.2 Å². The molecule has 0 saturated heterocycles. The van der Waals surface area contributed by atoms with Crippen molar-refractivity contribution in [2.24, 2.45) is 0 Å². The molecule has 1 heterocycles. The molecule has 0 aliphatic heterocycles. The van der Waals surface area contributed by atoms with Crippen LogP contribution in [0.25, 0.3) is 0 Å². The SMILES string of the molecule is COC(=O)CSc1n[nH]c(CNc2cccc(C)c2)n1. The van der Waals surface area contributed by atoms with E-state index >= 15 is 0 Å². The summed E-state index contributed by atoms with van der Waals surface area (Å²) in [5, 5.41) is 10.7. The standard InChI is InChI=1S/C13H16N4O2S/c1-9-4-3-5-10(6-9)14-7-11-15-13(17-16-11)20-8-12(18)19-2/h3-6,14H,7-8H2,1-2H3,(H,15,16,17). The lowest BCUT2D eigenvalue weighted by Crippen LogP contribution is -2.03. The molecule has 0 atom stereocenters. The molecule has 20 heavy (non-hydrogen) atoms. The Hall–Kier alpha value is -2.02. The molecule has 106 valence electrons. The van der Waals surface area contributed by atoms with Gasteiger partial charge < -0.3 is 10.1 Å². The van der Waals surface area contributed by atoms with Crippen LogP contribution in [0.5, 0.6) is 0 Å². The second-order valence-electron chi connectivity index (χ2n) is 4.15. The zero-order valence-corrected chi connectivity index (χ0v) is 12.2. The van der Waals surface area contributed by atoms with E-state index in [1.54, 1.807) is 0 Å². The number of hydrogen-bond acceptors (Lipinski definition) is 6. The number of benzene rings is 1. The monoisotopic (exact) mass is 292 g/mol. The second-order valence-corrected chi connectivity index (χ2v) is 5.10. The summed E-state index contributed by atoms with van der Waals surface area (Å²) in [5.74, 6) is 0.636. The first-order valence-electron chi connectivity index (χ1n) is 6.09. The van der Waals surface area contributed by atoms with Gasteiger partial charge in [-0.25, -0.2) is 4.98 Å². The Morgan fingerprint density at radius 1 is 1.50 bits per heavy atom. The van der Waals surface area contributed by atoms with Crippen LogP contribution in [0.15, 0.2) is 29.4 Å². The number of ether oxygens (including phenoxy) is 1. The number of esters is 1. The van der Waals surface area contributed by atoms with E-state index in [9.17, 15) is 4.79 Å². The maximum atomic E-state index is 11.0. The van der Waals surface area contributed by atoms with E-state index in [0.717, 1.165) is 11.5 Å². The molecule has 2 rings (SSSR count). The number of aromatic amines is 1. The maximum absolute atomic E-state index is 11.0. The van der Waals surface area contributed by atoms with Gasteiger partial charge in [0, 0.05) is 5.69 Å². The first-order valence-corrected chi connectivity index (χ1v) is 7.07. The number of carbonyl (C=O) groups excluding carboxylic acids is 1. The lowest BCUT2D eigenvalue weighted by Gasteiger charge is -2.04. The van der Waals surface area contributed by atoms with Crippen LogP contribution >= 0.6 is 11.8 Å². The number of anilines is 1. The summed E-state index contributed by atoms with van der Waals surface area (Å²) < 4.78 is 4.56. The number of nitrogens with zero attached hydrogens (tertiary/aromatic N) is 2. The van der Waals surface area contributed by atoms with E-state index in [4.69, 9.17) is 0 Å². The van der Waals surface area contributed by atoms with Gasteiger partial charge in [0.2, 0.25) is 5.16 Å². The van der Waals surface area contributed by atoms with E-state index in [2.05, 4.69) is 31.3 Å². The molecule has 0 amide bonds. The highest BCUT2D eigenvalue weighted by Gasteiger charge is 2.07. The third-order valence-electron chi connectivity index (χ3n) is 2.54. The lowest BCUT2D eigenvalue weighted by atomic mass is 10.2. The van der Waals surface area contributed by atoms with Crippen molar-refractivity contribution < 1.29 is 9.53 Å². The maximum Gasteiger partial charge on any atom is 0.316 e. The molecule has 7 heteroatoms. The number of aromatic nitrogens is 3. The first kappa shape index (κ1) is 14.4. The topological polar surface area (TPSA) is 79.9 Å². The van der Waals surface area contributed by atoms with Crippen molar-refractivity contribution in [3.05, 3.63) is 35.7 Å². The van der Waals surface area contributed by atoms with Gasteiger partial charge in [-0.05, 0) is 24.6 Å². The summed E-state index contributed by atoms with van der Waals surface area (Å²) in [6.45, 7) is 2.59. The van der Waals surface area contributed by atoms with Crippen molar-refractivity contribution in [3.8, 4) is 0 Å². The minimum absolute atomic E-state index is 0.207. The molecule has 0 aliphatic rings. The van der Waals surface area contributed by atoms with Gasteiger partial charge in [0.1, 0.15) is 5.82 Å². The minimum Gasteiger partial charge on any atom is -0.468 e. The third kappa shape index (κ3) is 4.27. The molecule has 0 saturated carbocycles. The fraction of sp³-hybridized carbons (Fsp3) is 0.308. The summed E-state index contributed by atoms with van der Waals surface area (Å²) in [7, 11) is 1.36. The van der Waals surface area contributed by atoms with Crippen LogP contribution in [0.2, 0.25) is 0 Å². The molecule has 1 aromatic heterocycles. The van der Waals surface area contributed by atoms with Gasteiger partial charge in [0.05, 0.1) is 19.4 Å². The minimum atomic E-state index is -0.292. The van der Waals surface area contributed by atoms with Crippen LogP contribution in [0.3, 0.4) is 0 Å². The Kier molecular flexibility index (Phi) is 5.00. The van der Waals surface area contributed by atoms with E-state index in [0.29, 0.717) is 11.7 Å². The zero-order chi connectivity index (χ0) is 14.4. The van der Waals surface area contributed by atoms with E-state index in [1.165, 1.54) is 24.4 Å². The van der Waals surface area contributed by atoms with Crippen LogP contribution in [0.1, 0.15) is 11.4 Å². The molecule has 0 spiro atoms. The highest BCUT2D eigenvalue weighted by Crippen LogP contribution is 2.14. The van der Waals surface area contributed by atoms with Crippen LogP contribution in [-0.2, 0) is 16.1 Å². The number of rotatable bonds is 6. The van der Waals surface area contributed by atoms with Crippen molar-refractivity contribution >= 4 is 23.4 Å². The first-order chi connectivity index (χ1) is 9.67. The fourth-order valence-corrected chi connectivity index (χ4v) is 2.19. The van der Waals surface area contributed by atoms with Crippen molar-refractivity contribution in [2.75, 3.05) is 18.2 Å². The van der Waals surface area contributed by atoms with Gasteiger partial charge in [-0.3, -0.25) is 9.89 Å². The normalized spacial score (nSPS) is 10.3. The van der Waals surface area contributed by atoms with Gasteiger partial charge in [-0.1, -0.05) is 23.9 Å². The number of H-pyrrole nitrogens is 1. The van der Waals surface area contributed by atoms with Gasteiger partial charge in [0.25, 0.3) is 0 Å². The second kappa shape index (κ2) is 6.95. The molecular weight excluding hydrogens is 276 g/mol. The van der Waals surface area contributed by atoms with Crippen molar-refractivity contribution in [3.63, 3.8) is 0 Å². The molecule has 0 aliphatic carbocycles. The largest absolute Gasteiger partial charge is 0.468 e. The predicted molar refractivity (Wildman–Crippen MR) is 77.6 cm³/mol. The average Bonchev–Trinajstić information content (AvgIpc) is 2.90. The Labute approximate surface area is 121 Å². The molecule has 2 N–H and O–H groups in total. The number of aryl methyl sites for hydroxylation is 1. The van der Waals surface area contributed by atoms with Gasteiger partial charge >= 0.3 is 5.97 Å². The predicted octanol–water partition coefficient (Wildman–Crippen LogP) is 1.99. The van der Waals surface area contributed by atoms with Crippen LogP contribution in [0, 0.1) is 6.92 Å². The van der Waals surface area contributed by atoms with Crippen molar-refractivity contribution in [2.45, 2.75) is 18.6 Å². The third-order valence-corrected chi connectivity index (χ3v) is 3.36. The summed E-state index contributed by atoms with van der Waals surface area (Å²) in [6, 6.07) is 8.09. The molecule has 6 nitrogen and oxygen atoms in total. The van der Waals surface area contributed by atoms with Crippen LogP contribution in [0.4, 0.5) is 5.69 Å². The van der Waals surface area contributed by atoms with Crippen LogP contribution < -0.4 is 5.32 Å². The number of carbonyl (C=O) groups is 1. The van der Waals surface area contributed by atoms with Crippen LogP contribution in [-0.4, -0.2) is 34.0 Å². The summed E-state index contributed by atoms with van der Waals surface area (Å²) >= 11 is 1.24. The molecule has 0 bridgehead atoms. The summed E-state index contributed by atoms with van der Waals surface area (Å²) in [6.07, 6.45) is 0. The molecule has 0 unspecified atom stereocenters. The molecule has 0 fully saturated rings. The average molecular weight is 292 g/mol. The zero-order valence-electron chi connectivity index (χ0n) is 11.3. The van der Waals surface area contributed by atoms with E-state index in [-0.39, 0.29) is 11.7 Å². The quantitative estimate of drug-likeness (QED) is 0.626. The van der Waals surface area contributed by atoms with Crippen molar-refractivity contribution in [1.29, 1.82) is 0 Å². The molecule has 1 aromatic carbocycles. The Bertz CT molecular complexity index is 585. The van der Waals surface area contributed by atoms with Gasteiger partial charge in [0.15, 0.2) is 0 Å². The highest BCUT2D eigenvalue weighted by molar-refractivity contribution is 7.99.